The summed E-state index contributed by atoms with van der Waals surface area (Å²) in [5, 5.41) is 5.91. The molecule has 8 nitrogen and oxygen atoms in total. The molecule has 0 saturated carbocycles. The summed E-state index contributed by atoms with van der Waals surface area (Å²) in [7, 11) is 1.59. The van der Waals surface area contributed by atoms with E-state index < -0.39 is 0 Å². The van der Waals surface area contributed by atoms with Crippen LogP contribution in [0.2, 0.25) is 0 Å². The molecule has 1 amide bonds. The Morgan fingerprint density at radius 1 is 1.07 bits per heavy atom. The van der Waals surface area contributed by atoms with Gasteiger partial charge in [-0.05, 0) is 42.0 Å². The van der Waals surface area contributed by atoms with Crippen LogP contribution in [0.15, 0.2) is 54.9 Å². The first-order valence-electron chi connectivity index (χ1n) is 8.61. The summed E-state index contributed by atoms with van der Waals surface area (Å²) in [5.74, 6) is 2.34. The van der Waals surface area contributed by atoms with Crippen molar-refractivity contribution in [3.63, 3.8) is 0 Å². The van der Waals surface area contributed by atoms with Crippen LogP contribution in [0.3, 0.4) is 0 Å². The summed E-state index contributed by atoms with van der Waals surface area (Å²) in [6.45, 7) is 0.767. The molecule has 2 N–H and O–H groups in total. The van der Waals surface area contributed by atoms with Gasteiger partial charge in [0.05, 0.1) is 12.7 Å². The van der Waals surface area contributed by atoms with E-state index in [1.807, 2.05) is 18.2 Å². The molecular weight excluding hydrogens is 360 g/mol. The van der Waals surface area contributed by atoms with Crippen LogP contribution in [-0.4, -0.2) is 29.8 Å². The topological polar surface area (TPSA) is 94.6 Å². The Labute approximate surface area is 161 Å². The van der Waals surface area contributed by atoms with Gasteiger partial charge in [0, 0.05) is 24.6 Å². The Kier molecular flexibility index (Phi) is 4.92. The normalized spacial score (nSPS) is 11.8. The summed E-state index contributed by atoms with van der Waals surface area (Å²) >= 11 is 0. The Balaban J connectivity index is 1.34. The quantitative estimate of drug-likeness (QED) is 0.681. The fourth-order valence-corrected chi connectivity index (χ4v) is 2.65. The molecule has 142 valence electrons. The molecule has 0 unspecified atom stereocenters. The lowest BCUT2D eigenvalue weighted by Crippen LogP contribution is -2.13. The van der Waals surface area contributed by atoms with Crippen molar-refractivity contribution >= 4 is 17.5 Å². The van der Waals surface area contributed by atoms with Crippen molar-refractivity contribution in [2.75, 3.05) is 24.5 Å². The summed E-state index contributed by atoms with van der Waals surface area (Å²) in [6.07, 6.45) is 2.96. The van der Waals surface area contributed by atoms with E-state index in [1.54, 1.807) is 31.4 Å². The third kappa shape index (κ3) is 3.96. The predicted octanol–water partition coefficient (Wildman–Crippen LogP) is 3.08. The van der Waals surface area contributed by atoms with Crippen LogP contribution in [0.5, 0.6) is 17.2 Å². The Morgan fingerprint density at radius 3 is 2.57 bits per heavy atom. The van der Waals surface area contributed by atoms with Crippen LogP contribution in [0.25, 0.3) is 0 Å². The fourth-order valence-electron chi connectivity index (χ4n) is 2.65. The Morgan fingerprint density at radius 2 is 1.82 bits per heavy atom. The van der Waals surface area contributed by atoms with Crippen LogP contribution in [0, 0.1) is 0 Å². The number of carbonyl (C=O) groups excluding carboxylic acids is 1. The number of anilines is 2. The number of nitrogens with one attached hydrogen (secondary N) is 2. The molecule has 0 saturated heterocycles. The first-order chi connectivity index (χ1) is 13.7. The standard InChI is InChI=1S/C20H18N4O4/c1-26-16-5-3-15(4-6-16)24-19(25)14-10-22-20(23-11-14)21-9-13-2-7-17-18(8-13)28-12-27-17/h2-8,10-11H,9,12H2,1H3,(H,24,25)(H,21,22,23). The Hall–Kier alpha value is -3.81. The molecule has 0 atom stereocenters. The molecule has 0 radical (unpaired) electrons. The third-order valence-corrected chi connectivity index (χ3v) is 4.15. The van der Waals surface area contributed by atoms with Gasteiger partial charge in [-0.2, -0.15) is 0 Å². The molecular formula is C20H18N4O4. The first-order valence-corrected chi connectivity index (χ1v) is 8.61. The van der Waals surface area contributed by atoms with Crippen molar-refractivity contribution in [2.24, 2.45) is 0 Å². The molecule has 0 aliphatic carbocycles. The molecule has 1 aliphatic rings. The first kappa shape index (κ1) is 17.6. The van der Waals surface area contributed by atoms with Crippen molar-refractivity contribution in [2.45, 2.75) is 6.54 Å². The average molecular weight is 378 g/mol. The lowest BCUT2D eigenvalue weighted by molar-refractivity contribution is 0.102. The number of fused-ring (bicyclic) bond motifs is 1. The summed E-state index contributed by atoms with van der Waals surface area (Å²) in [5.41, 5.74) is 2.04. The largest absolute Gasteiger partial charge is 0.497 e. The maximum absolute atomic E-state index is 12.3. The second-order valence-corrected chi connectivity index (χ2v) is 6.02. The number of nitrogens with zero attached hydrogens (tertiary/aromatic N) is 2. The van der Waals surface area contributed by atoms with Crippen LogP contribution in [-0.2, 0) is 6.54 Å². The van der Waals surface area contributed by atoms with Gasteiger partial charge in [0.15, 0.2) is 11.5 Å². The summed E-state index contributed by atoms with van der Waals surface area (Å²) in [4.78, 5) is 20.7. The number of carbonyl (C=O) groups is 1. The summed E-state index contributed by atoms with van der Waals surface area (Å²) in [6, 6.07) is 12.8. The number of methoxy groups -OCH3 is 1. The maximum atomic E-state index is 12.3. The summed E-state index contributed by atoms with van der Waals surface area (Å²) < 4.78 is 15.8. The molecule has 3 aromatic rings. The zero-order chi connectivity index (χ0) is 19.3. The van der Waals surface area contributed by atoms with E-state index in [0.29, 0.717) is 23.7 Å². The number of benzene rings is 2. The molecule has 1 aromatic heterocycles. The van der Waals surface area contributed by atoms with Crippen LogP contribution in [0.4, 0.5) is 11.6 Å². The van der Waals surface area contributed by atoms with Gasteiger partial charge in [0.2, 0.25) is 12.7 Å². The molecule has 8 heteroatoms. The minimum absolute atomic E-state index is 0.245. The zero-order valence-corrected chi connectivity index (χ0v) is 15.1. The van der Waals surface area contributed by atoms with E-state index >= 15 is 0 Å². The van der Waals surface area contributed by atoms with Gasteiger partial charge in [-0.3, -0.25) is 4.79 Å². The van der Waals surface area contributed by atoms with Crippen molar-refractivity contribution in [3.8, 4) is 17.2 Å². The average Bonchev–Trinajstić information content (AvgIpc) is 3.21. The van der Waals surface area contributed by atoms with Crippen LogP contribution in [0.1, 0.15) is 15.9 Å². The molecule has 2 heterocycles. The number of hydrogen-bond donors (Lipinski definition) is 2. The van der Waals surface area contributed by atoms with E-state index in [2.05, 4.69) is 20.6 Å². The van der Waals surface area contributed by atoms with E-state index in [1.165, 1.54) is 12.4 Å². The second-order valence-electron chi connectivity index (χ2n) is 6.02. The molecule has 0 bridgehead atoms. The van der Waals surface area contributed by atoms with E-state index in [0.717, 1.165) is 22.8 Å². The van der Waals surface area contributed by atoms with Gasteiger partial charge in [-0.15, -0.1) is 0 Å². The van der Waals surface area contributed by atoms with Gasteiger partial charge in [0.1, 0.15) is 5.75 Å². The zero-order valence-electron chi connectivity index (χ0n) is 15.1. The number of hydrogen-bond acceptors (Lipinski definition) is 7. The highest BCUT2D eigenvalue weighted by Crippen LogP contribution is 2.32. The van der Waals surface area contributed by atoms with Gasteiger partial charge < -0.3 is 24.8 Å². The monoisotopic (exact) mass is 378 g/mol. The maximum Gasteiger partial charge on any atom is 0.258 e. The van der Waals surface area contributed by atoms with Crippen molar-refractivity contribution in [1.82, 2.24) is 9.97 Å². The van der Waals surface area contributed by atoms with E-state index in [9.17, 15) is 4.79 Å². The molecule has 28 heavy (non-hydrogen) atoms. The van der Waals surface area contributed by atoms with E-state index in [4.69, 9.17) is 14.2 Å². The van der Waals surface area contributed by atoms with E-state index in [-0.39, 0.29) is 12.7 Å². The number of ether oxygens (including phenoxy) is 3. The van der Waals surface area contributed by atoms with Crippen molar-refractivity contribution in [1.29, 1.82) is 0 Å². The fraction of sp³-hybridized carbons (Fsp3) is 0.150. The van der Waals surface area contributed by atoms with Gasteiger partial charge >= 0.3 is 0 Å². The van der Waals surface area contributed by atoms with Crippen molar-refractivity contribution in [3.05, 3.63) is 66.0 Å². The molecule has 2 aromatic carbocycles. The highest BCUT2D eigenvalue weighted by molar-refractivity contribution is 6.03. The third-order valence-electron chi connectivity index (χ3n) is 4.15. The second kappa shape index (κ2) is 7.83. The van der Waals surface area contributed by atoms with Crippen LogP contribution < -0.4 is 24.8 Å². The molecule has 0 spiro atoms. The Bertz CT molecular complexity index is 975. The van der Waals surface area contributed by atoms with Gasteiger partial charge in [-0.25, -0.2) is 9.97 Å². The minimum atomic E-state index is -0.285. The van der Waals surface area contributed by atoms with Crippen LogP contribution >= 0.6 is 0 Å². The van der Waals surface area contributed by atoms with Gasteiger partial charge in [0.25, 0.3) is 5.91 Å². The minimum Gasteiger partial charge on any atom is -0.497 e. The highest BCUT2D eigenvalue weighted by Gasteiger charge is 2.13. The number of rotatable bonds is 6. The van der Waals surface area contributed by atoms with Gasteiger partial charge in [-0.1, -0.05) is 6.07 Å². The lowest BCUT2D eigenvalue weighted by atomic mass is 10.2. The molecule has 4 rings (SSSR count). The number of aromatic nitrogens is 2. The predicted molar refractivity (Wildman–Crippen MR) is 103 cm³/mol. The SMILES string of the molecule is COc1ccc(NC(=O)c2cnc(NCc3ccc4c(c3)OCO4)nc2)cc1. The highest BCUT2D eigenvalue weighted by atomic mass is 16.7. The van der Waals surface area contributed by atoms with Crippen molar-refractivity contribution < 1.29 is 19.0 Å². The molecule has 1 aliphatic heterocycles. The number of amides is 1. The smallest absolute Gasteiger partial charge is 0.258 e. The lowest BCUT2D eigenvalue weighted by Gasteiger charge is -2.08. The molecule has 0 fully saturated rings.